The molecule has 108 valence electrons. The first-order valence-corrected chi connectivity index (χ1v) is 8.04. The SMILES string of the molecule is CC(N)c1ccc(OCc2csc3ccccc23)c(Cl)c1. The van der Waals surface area contributed by atoms with Crippen LogP contribution in [0.2, 0.25) is 5.02 Å². The minimum absolute atomic E-state index is 0.0302. The first-order chi connectivity index (χ1) is 10.1. The Morgan fingerprint density at radius 2 is 2.05 bits per heavy atom. The van der Waals surface area contributed by atoms with Gasteiger partial charge in [-0.15, -0.1) is 11.3 Å². The fourth-order valence-electron chi connectivity index (χ4n) is 2.22. The van der Waals surface area contributed by atoms with E-state index in [9.17, 15) is 0 Å². The van der Waals surface area contributed by atoms with Crippen LogP contribution in [-0.4, -0.2) is 0 Å². The molecule has 3 aromatic rings. The van der Waals surface area contributed by atoms with Gasteiger partial charge in [0.1, 0.15) is 12.4 Å². The lowest BCUT2D eigenvalue weighted by atomic mass is 10.1. The molecule has 0 saturated heterocycles. The number of rotatable bonds is 4. The monoisotopic (exact) mass is 317 g/mol. The van der Waals surface area contributed by atoms with E-state index >= 15 is 0 Å². The lowest BCUT2D eigenvalue weighted by Crippen LogP contribution is -2.05. The van der Waals surface area contributed by atoms with E-state index in [1.165, 1.54) is 15.6 Å². The third-order valence-electron chi connectivity index (χ3n) is 3.43. The van der Waals surface area contributed by atoms with E-state index in [1.807, 2.05) is 37.3 Å². The van der Waals surface area contributed by atoms with Crippen molar-refractivity contribution in [3.8, 4) is 5.75 Å². The van der Waals surface area contributed by atoms with Crippen molar-refractivity contribution in [3.63, 3.8) is 0 Å². The summed E-state index contributed by atoms with van der Waals surface area (Å²) in [6.45, 7) is 2.45. The van der Waals surface area contributed by atoms with Gasteiger partial charge in [0.05, 0.1) is 5.02 Å². The molecule has 2 aromatic carbocycles. The summed E-state index contributed by atoms with van der Waals surface area (Å²) >= 11 is 7.98. The first kappa shape index (κ1) is 14.4. The molecular weight excluding hydrogens is 302 g/mol. The van der Waals surface area contributed by atoms with Crippen molar-refractivity contribution < 1.29 is 4.74 Å². The van der Waals surface area contributed by atoms with Crippen LogP contribution in [0.3, 0.4) is 0 Å². The van der Waals surface area contributed by atoms with Crippen LogP contribution in [0.25, 0.3) is 10.1 Å². The van der Waals surface area contributed by atoms with Gasteiger partial charge in [0.15, 0.2) is 0 Å². The van der Waals surface area contributed by atoms with Gasteiger partial charge in [0, 0.05) is 16.3 Å². The van der Waals surface area contributed by atoms with E-state index in [0.717, 1.165) is 5.56 Å². The van der Waals surface area contributed by atoms with Gasteiger partial charge in [0.2, 0.25) is 0 Å². The molecule has 0 saturated carbocycles. The van der Waals surface area contributed by atoms with Gasteiger partial charge >= 0.3 is 0 Å². The lowest BCUT2D eigenvalue weighted by Gasteiger charge is -2.11. The van der Waals surface area contributed by atoms with E-state index in [-0.39, 0.29) is 6.04 Å². The molecule has 21 heavy (non-hydrogen) atoms. The summed E-state index contributed by atoms with van der Waals surface area (Å²) in [6.07, 6.45) is 0. The average molecular weight is 318 g/mol. The van der Waals surface area contributed by atoms with Crippen molar-refractivity contribution in [1.82, 2.24) is 0 Å². The Morgan fingerprint density at radius 1 is 1.24 bits per heavy atom. The van der Waals surface area contributed by atoms with Crippen LogP contribution < -0.4 is 10.5 Å². The predicted octanol–water partition coefficient (Wildman–Crippen LogP) is 5.15. The molecule has 2 nitrogen and oxygen atoms in total. The van der Waals surface area contributed by atoms with Crippen molar-refractivity contribution >= 4 is 33.0 Å². The Hall–Kier alpha value is -1.55. The number of ether oxygens (including phenoxy) is 1. The lowest BCUT2D eigenvalue weighted by molar-refractivity contribution is 0.308. The van der Waals surface area contributed by atoms with Crippen LogP contribution in [0.15, 0.2) is 47.8 Å². The second kappa shape index (κ2) is 6.06. The number of nitrogens with two attached hydrogens (primary N) is 1. The summed E-state index contributed by atoms with van der Waals surface area (Å²) in [7, 11) is 0. The minimum atomic E-state index is -0.0302. The van der Waals surface area contributed by atoms with E-state index in [0.29, 0.717) is 17.4 Å². The fraction of sp³-hybridized carbons (Fsp3) is 0.176. The van der Waals surface area contributed by atoms with Gasteiger partial charge in [-0.25, -0.2) is 0 Å². The zero-order chi connectivity index (χ0) is 14.8. The molecule has 1 unspecified atom stereocenters. The molecule has 1 heterocycles. The molecule has 0 radical (unpaired) electrons. The summed E-state index contributed by atoms with van der Waals surface area (Å²) in [6, 6.07) is 14.0. The molecule has 0 fully saturated rings. The minimum Gasteiger partial charge on any atom is -0.487 e. The van der Waals surface area contributed by atoms with Crippen molar-refractivity contribution in [2.45, 2.75) is 19.6 Å². The van der Waals surface area contributed by atoms with E-state index in [4.69, 9.17) is 22.1 Å². The van der Waals surface area contributed by atoms with Gasteiger partial charge in [-0.3, -0.25) is 0 Å². The molecule has 0 aliphatic carbocycles. The molecule has 0 aliphatic heterocycles. The van der Waals surface area contributed by atoms with Crippen LogP contribution in [0.5, 0.6) is 5.75 Å². The zero-order valence-electron chi connectivity index (χ0n) is 11.7. The van der Waals surface area contributed by atoms with Gasteiger partial charge in [0.25, 0.3) is 0 Å². The number of halogens is 1. The quantitative estimate of drug-likeness (QED) is 0.722. The second-order valence-electron chi connectivity index (χ2n) is 5.02. The van der Waals surface area contributed by atoms with Gasteiger partial charge in [-0.1, -0.05) is 35.9 Å². The molecule has 0 bridgehead atoms. The molecule has 0 amide bonds. The molecule has 1 aromatic heterocycles. The van der Waals surface area contributed by atoms with Crippen molar-refractivity contribution in [3.05, 3.63) is 64.0 Å². The zero-order valence-corrected chi connectivity index (χ0v) is 13.2. The van der Waals surface area contributed by atoms with Crippen LogP contribution >= 0.6 is 22.9 Å². The second-order valence-corrected chi connectivity index (χ2v) is 6.34. The highest BCUT2D eigenvalue weighted by Gasteiger charge is 2.08. The summed E-state index contributed by atoms with van der Waals surface area (Å²) in [5.74, 6) is 0.691. The Kier molecular flexibility index (Phi) is 4.15. The Bertz CT molecular complexity index is 766. The Labute approximate surface area is 133 Å². The summed E-state index contributed by atoms with van der Waals surface area (Å²) < 4.78 is 7.13. The largest absolute Gasteiger partial charge is 0.487 e. The van der Waals surface area contributed by atoms with Crippen LogP contribution in [0.1, 0.15) is 24.1 Å². The molecule has 0 aliphatic rings. The van der Waals surface area contributed by atoms with E-state index in [2.05, 4.69) is 17.5 Å². The normalized spacial score (nSPS) is 12.5. The maximum atomic E-state index is 6.25. The smallest absolute Gasteiger partial charge is 0.138 e. The third kappa shape index (κ3) is 3.05. The van der Waals surface area contributed by atoms with Crippen molar-refractivity contribution in [2.75, 3.05) is 0 Å². The van der Waals surface area contributed by atoms with Gasteiger partial charge < -0.3 is 10.5 Å². The highest BCUT2D eigenvalue weighted by Crippen LogP contribution is 2.30. The van der Waals surface area contributed by atoms with Crippen LogP contribution in [0, 0.1) is 0 Å². The third-order valence-corrected chi connectivity index (χ3v) is 4.73. The van der Waals surface area contributed by atoms with Crippen molar-refractivity contribution in [1.29, 1.82) is 0 Å². The maximum Gasteiger partial charge on any atom is 0.138 e. The highest BCUT2D eigenvalue weighted by molar-refractivity contribution is 7.17. The molecule has 1 atom stereocenters. The standard InChI is InChI=1S/C17H16ClNOS/c1-11(19)12-6-7-16(15(18)8-12)20-9-13-10-21-17-5-3-2-4-14(13)17/h2-8,10-11H,9,19H2,1H3. The first-order valence-electron chi connectivity index (χ1n) is 6.78. The number of benzene rings is 2. The molecular formula is C17H16ClNOS. The topological polar surface area (TPSA) is 35.2 Å². The summed E-state index contributed by atoms with van der Waals surface area (Å²) in [5.41, 5.74) is 8.04. The van der Waals surface area contributed by atoms with Gasteiger partial charge in [-0.05, 0) is 41.5 Å². The maximum absolute atomic E-state index is 6.25. The van der Waals surface area contributed by atoms with E-state index in [1.54, 1.807) is 11.3 Å². The molecule has 2 N–H and O–H groups in total. The van der Waals surface area contributed by atoms with Crippen LogP contribution in [0.4, 0.5) is 0 Å². The molecule has 4 heteroatoms. The summed E-state index contributed by atoms with van der Waals surface area (Å²) in [4.78, 5) is 0. The van der Waals surface area contributed by atoms with Crippen LogP contribution in [-0.2, 0) is 6.61 Å². The number of hydrogen-bond acceptors (Lipinski definition) is 3. The fourth-order valence-corrected chi connectivity index (χ4v) is 3.41. The number of fused-ring (bicyclic) bond motifs is 1. The summed E-state index contributed by atoms with van der Waals surface area (Å²) in [5, 5.41) is 3.98. The van der Waals surface area contributed by atoms with E-state index < -0.39 is 0 Å². The Balaban J connectivity index is 1.79. The van der Waals surface area contributed by atoms with Crippen molar-refractivity contribution in [2.24, 2.45) is 5.73 Å². The van der Waals surface area contributed by atoms with Gasteiger partial charge in [-0.2, -0.15) is 0 Å². The number of thiophene rings is 1. The average Bonchev–Trinajstić information content (AvgIpc) is 2.89. The Morgan fingerprint density at radius 3 is 2.81 bits per heavy atom. The number of hydrogen-bond donors (Lipinski definition) is 1. The molecule has 0 spiro atoms. The highest BCUT2D eigenvalue weighted by atomic mass is 35.5. The predicted molar refractivity (Wildman–Crippen MR) is 90.2 cm³/mol. The molecule has 3 rings (SSSR count).